The molecule has 6 N–H and O–H groups in total. The molecule has 0 aliphatic carbocycles. The van der Waals surface area contributed by atoms with Crippen molar-refractivity contribution >= 4 is 8.56 Å². The van der Waals surface area contributed by atoms with Crippen LogP contribution in [-0.4, -0.2) is 54.6 Å². The number of ether oxygens (including phenoxy) is 1. The van der Waals surface area contributed by atoms with Gasteiger partial charge in [-0.1, -0.05) is 0 Å². The van der Waals surface area contributed by atoms with E-state index in [1.54, 1.807) is 0 Å². The molecule has 0 aliphatic rings. The van der Waals surface area contributed by atoms with Crippen LogP contribution < -0.4 is 17.2 Å². The lowest BCUT2D eigenvalue weighted by Crippen LogP contribution is -2.41. The highest BCUT2D eigenvalue weighted by Gasteiger charge is 2.30. The zero-order valence-corrected chi connectivity index (χ0v) is 11.8. The minimum atomic E-state index is -2.12. The van der Waals surface area contributed by atoms with E-state index in [-0.39, 0.29) is 0 Å². The Morgan fingerprint density at radius 2 is 1.35 bits per heavy atom. The van der Waals surface area contributed by atoms with Crippen LogP contribution in [-0.2, 0) is 13.6 Å². The first-order valence-electron chi connectivity index (χ1n) is 6.14. The maximum atomic E-state index is 5.74. The smallest absolute Gasteiger partial charge is 0.335 e. The van der Waals surface area contributed by atoms with Gasteiger partial charge in [-0.3, -0.25) is 0 Å². The van der Waals surface area contributed by atoms with Gasteiger partial charge in [-0.25, -0.2) is 0 Å². The molecule has 0 fully saturated rings. The number of rotatable bonds is 12. The van der Waals surface area contributed by atoms with Gasteiger partial charge in [0.05, 0.1) is 6.61 Å². The first kappa shape index (κ1) is 17.0. The van der Waals surface area contributed by atoms with Gasteiger partial charge in [-0.2, -0.15) is 0 Å². The summed E-state index contributed by atoms with van der Waals surface area (Å²) < 4.78 is 16.8. The Bertz CT molecular complexity index is 167. The van der Waals surface area contributed by atoms with Crippen molar-refractivity contribution in [3.63, 3.8) is 0 Å². The summed E-state index contributed by atoms with van der Waals surface area (Å²) in [5.74, 6) is 0. The van der Waals surface area contributed by atoms with Gasteiger partial charge in [0.2, 0.25) is 0 Å². The van der Waals surface area contributed by atoms with Gasteiger partial charge in [-0.05, 0) is 19.0 Å². The van der Waals surface area contributed by atoms with Crippen molar-refractivity contribution in [2.45, 2.75) is 19.0 Å². The molecule has 0 aromatic heterocycles. The molecular formula is C10H27N3O3Si. The molecule has 0 saturated carbocycles. The Hall–Kier alpha value is -0.0231. The van der Waals surface area contributed by atoms with E-state index in [9.17, 15) is 0 Å². The lowest BCUT2D eigenvalue weighted by Gasteiger charge is -2.26. The van der Waals surface area contributed by atoms with Crippen LogP contribution >= 0.6 is 0 Å². The van der Waals surface area contributed by atoms with Gasteiger partial charge in [-0.15, -0.1) is 0 Å². The van der Waals surface area contributed by atoms with Crippen LogP contribution in [0.1, 0.15) is 6.42 Å². The largest absolute Gasteiger partial charge is 0.393 e. The van der Waals surface area contributed by atoms with Crippen LogP contribution in [0, 0.1) is 0 Å². The van der Waals surface area contributed by atoms with E-state index in [1.165, 1.54) is 0 Å². The third kappa shape index (κ3) is 9.66. The predicted octanol–water partition coefficient (Wildman–Crippen LogP) is -0.626. The lowest BCUT2D eigenvalue weighted by atomic mass is 10.5. The maximum Gasteiger partial charge on any atom is 0.335 e. The van der Waals surface area contributed by atoms with Gasteiger partial charge < -0.3 is 30.8 Å². The van der Waals surface area contributed by atoms with Crippen molar-refractivity contribution < 1.29 is 13.6 Å². The van der Waals surface area contributed by atoms with Crippen LogP contribution in [0.5, 0.6) is 0 Å². The molecule has 0 bridgehead atoms. The summed E-state index contributed by atoms with van der Waals surface area (Å²) in [5.41, 5.74) is 16.2. The molecule has 0 atom stereocenters. The molecule has 0 aromatic carbocycles. The van der Waals surface area contributed by atoms with Crippen molar-refractivity contribution in [2.75, 3.05) is 46.1 Å². The fourth-order valence-electron chi connectivity index (χ4n) is 1.42. The summed E-state index contributed by atoms with van der Waals surface area (Å²) in [6, 6.07) is 0.886. The van der Waals surface area contributed by atoms with Crippen molar-refractivity contribution in [1.29, 1.82) is 0 Å². The molecule has 104 valence electrons. The monoisotopic (exact) mass is 265 g/mol. The van der Waals surface area contributed by atoms with Gasteiger partial charge in [0, 0.05) is 39.5 Å². The standard InChI is InChI=1S/C10H27N3O3Si/c1-17(15-8-4-12,16-9-5-13)10-2-6-14-7-3-11/h2-13H2,1H3. The summed E-state index contributed by atoms with van der Waals surface area (Å²) >= 11 is 0. The molecule has 6 nitrogen and oxygen atoms in total. The summed E-state index contributed by atoms with van der Waals surface area (Å²) in [5, 5.41) is 0. The number of nitrogens with two attached hydrogens (primary N) is 3. The minimum Gasteiger partial charge on any atom is -0.393 e. The normalized spacial score (nSPS) is 12.0. The first-order valence-corrected chi connectivity index (χ1v) is 8.66. The average Bonchev–Trinajstić information content (AvgIpc) is 2.34. The third-order valence-corrected chi connectivity index (χ3v) is 5.12. The van der Waals surface area contributed by atoms with E-state index >= 15 is 0 Å². The molecule has 0 spiro atoms. The molecule has 0 amide bonds. The van der Waals surface area contributed by atoms with Crippen molar-refractivity contribution in [3.05, 3.63) is 0 Å². The highest BCUT2D eigenvalue weighted by molar-refractivity contribution is 6.66. The molecule has 0 aromatic rings. The molecule has 0 unspecified atom stereocenters. The van der Waals surface area contributed by atoms with Crippen LogP contribution in [0.15, 0.2) is 0 Å². The summed E-state index contributed by atoms with van der Waals surface area (Å²) in [7, 11) is -2.12. The second kappa shape index (κ2) is 11.1. The average molecular weight is 265 g/mol. The first-order chi connectivity index (χ1) is 8.18. The van der Waals surface area contributed by atoms with Crippen molar-refractivity contribution in [1.82, 2.24) is 0 Å². The SMILES string of the molecule is C[Si](CCCOCCN)(OCCN)OCCN. The van der Waals surface area contributed by atoms with Crippen LogP contribution in [0.25, 0.3) is 0 Å². The quantitative estimate of drug-likeness (QED) is 0.321. The molecule has 0 heterocycles. The van der Waals surface area contributed by atoms with E-state index < -0.39 is 8.56 Å². The van der Waals surface area contributed by atoms with E-state index in [0.717, 1.165) is 12.5 Å². The maximum absolute atomic E-state index is 5.74. The molecule has 0 rings (SSSR count). The van der Waals surface area contributed by atoms with E-state index in [1.807, 2.05) is 6.55 Å². The highest BCUT2D eigenvalue weighted by atomic mass is 28.4. The van der Waals surface area contributed by atoms with Crippen molar-refractivity contribution in [3.8, 4) is 0 Å². The van der Waals surface area contributed by atoms with Gasteiger partial charge >= 0.3 is 8.56 Å². The number of hydrogen-bond acceptors (Lipinski definition) is 6. The van der Waals surface area contributed by atoms with E-state index in [4.69, 9.17) is 30.8 Å². The third-order valence-electron chi connectivity index (χ3n) is 2.23. The fourth-order valence-corrected chi connectivity index (χ4v) is 3.67. The Morgan fingerprint density at radius 1 is 0.824 bits per heavy atom. The second-order valence-corrected chi connectivity index (χ2v) is 7.26. The summed E-state index contributed by atoms with van der Waals surface area (Å²) in [6.45, 7) is 6.00. The number of hydrogen-bond donors (Lipinski definition) is 3. The zero-order valence-electron chi connectivity index (χ0n) is 10.8. The van der Waals surface area contributed by atoms with Gasteiger partial charge in [0.25, 0.3) is 0 Å². The minimum absolute atomic E-state index is 0.512. The van der Waals surface area contributed by atoms with E-state index in [2.05, 4.69) is 0 Å². The van der Waals surface area contributed by atoms with E-state index in [0.29, 0.717) is 46.1 Å². The predicted molar refractivity (Wildman–Crippen MR) is 70.9 cm³/mol. The van der Waals surface area contributed by atoms with Crippen LogP contribution in [0.4, 0.5) is 0 Å². The van der Waals surface area contributed by atoms with Gasteiger partial charge in [0.1, 0.15) is 0 Å². The van der Waals surface area contributed by atoms with Crippen molar-refractivity contribution in [2.24, 2.45) is 17.2 Å². The molecule has 0 radical (unpaired) electrons. The molecular weight excluding hydrogens is 238 g/mol. The molecule has 0 saturated heterocycles. The van der Waals surface area contributed by atoms with Crippen LogP contribution in [0.2, 0.25) is 12.6 Å². The highest BCUT2D eigenvalue weighted by Crippen LogP contribution is 2.15. The summed E-state index contributed by atoms with van der Waals surface area (Å²) in [6.07, 6.45) is 0.915. The topological polar surface area (TPSA) is 106 Å². The zero-order chi connectivity index (χ0) is 13.0. The molecule has 7 heteroatoms. The Labute approximate surface area is 105 Å². The lowest BCUT2D eigenvalue weighted by molar-refractivity contribution is 0.134. The Morgan fingerprint density at radius 3 is 1.82 bits per heavy atom. The fraction of sp³-hybridized carbons (Fsp3) is 1.00. The Kier molecular flexibility index (Phi) is 11.1. The second-order valence-electron chi connectivity index (χ2n) is 3.91. The van der Waals surface area contributed by atoms with Crippen LogP contribution in [0.3, 0.4) is 0 Å². The Balaban J connectivity index is 3.82. The van der Waals surface area contributed by atoms with Gasteiger partial charge in [0.15, 0.2) is 0 Å². The summed E-state index contributed by atoms with van der Waals surface area (Å²) in [4.78, 5) is 0. The molecule has 17 heavy (non-hydrogen) atoms. The molecule has 0 aliphatic heterocycles.